The minimum atomic E-state index is -0.625. The van der Waals surface area contributed by atoms with Crippen LogP contribution in [-0.4, -0.2) is 14.7 Å². The van der Waals surface area contributed by atoms with E-state index in [-0.39, 0.29) is 11.6 Å². The van der Waals surface area contributed by atoms with E-state index in [1.807, 2.05) is 19.1 Å². The Morgan fingerprint density at radius 2 is 1.88 bits per heavy atom. The van der Waals surface area contributed by atoms with Crippen LogP contribution in [0.3, 0.4) is 0 Å². The van der Waals surface area contributed by atoms with Gasteiger partial charge in [-0.05, 0) is 36.8 Å². The van der Waals surface area contributed by atoms with Crippen LogP contribution in [0.15, 0.2) is 59.5 Å². The lowest BCUT2D eigenvalue weighted by atomic mass is 9.97. The van der Waals surface area contributed by atoms with Gasteiger partial charge in [0, 0.05) is 11.8 Å². The Morgan fingerprint density at radius 3 is 2.52 bits per heavy atom. The number of hydrogen-bond acceptors (Lipinski definition) is 6. The highest BCUT2D eigenvalue weighted by Crippen LogP contribution is 2.30. The van der Waals surface area contributed by atoms with Crippen molar-refractivity contribution in [2.24, 2.45) is 5.90 Å². The van der Waals surface area contributed by atoms with E-state index in [1.54, 1.807) is 42.6 Å². The third-order valence-electron chi connectivity index (χ3n) is 3.88. The zero-order valence-electron chi connectivity index (χ0n) is 13.6. The van der Waals surface area contributed by atoms with Crippen LogP contribution in [0.2, 0.25) is 0 Å². The number of benzene rings is 2. The first-order chi connectivity index (χ1) is 12.0. The lowest BCUT2D eigenvalue weighted by molar-refractivity contribution is 0.0812. The van der Waals surface area contributed by atoms with E-state index in [1.165, 1.54) is 4.57 Å². The summed E-state index contributed by atoms with van der Waals surface area (Å²) in [4.78, 5) is 21.2. The number of nitrogen functional groups attached to an aromatic ring is 1. The van der Waals surface area contributed by atoms with Gasteiger partial charge in [0.1, 0.15) is 17.7 Å². The van der Waals surface area contributed by atoms with Crippen molar-refractivity contribution in [3.63, 3.8) is 0 Å². The van der Waals surface area contributed by atoms with Crippen molar-refractivity contribution in [3.8, 4) is 11.4 Å². The van der Waals surface area contributed by atoms with Crippen LogP contribution in [0.5, 0.6) is 5.75 Å². The van der Waals surface area contributed by atoms with Crippen molar-refractivity contribution >= 4 is 5.82 Å². The van der Waals surface area contributed by atoms with Gasteiger partial charge in [-0.1, -0.05) is 29.8 Å². The normalized spacial score (nSPS) is 12.1. The molecular weight excluding hydrogens is 320 g/mol. The molecule has 1 atom stereocenters. The molecule has 0 saturated heterocycles. The summed E-state index contributed by atoms with van der Waals surface area (Å²) in [6.45, 7) is 1.93. The van der Waals surface area contributed by atoms with Gasteiger partial charge in [0.15, 0.2) is 0 Å². The lowest BCUT2D eigenvalue weighted by Gasteiger charge is -2.20. The number of anilines is 1. The second kappa shape index (κ2) is 6.76. The maximum Gasteiger partial charge on any atom is 0.354 e. The van der Waals surface area contributed by atoms with Crippen LogP contribution in [0.4, 0.5) is 5.82 Å². The number of phenolic OH excluding ortho intramolecular Hbond substituents is 1. The minimum Gasteiger partial charge on any atom is -0.508 e. The van der Waals surface area contributed by atoms with Crippen LogP contribution >= 0.6 is 0 Å². The molecule has 1 heterocycles. The molecule has 0 amide bonds. The van der Waals surface area contributed by atoms with Crippen LogP contribution in [0.1, 0.15) is 22.8 Å². The molecule has 0 bridgehead atoms. The highest BCUT2D eigenvalue weighted by molar-refractivity contribution is 5.48. The average Bonchev–Trinajstić information content (AvgIpc) is 2.58. The van der Waals surface area contributed by atoms with Crippen molar-refractivity contribution in [2.75, 3.05) is 5.73 Å². The van der Waals surface area contributed by atoms with Gasteiger partial charge in [-0.3, -0.25) is 9.40 Å². The summed E-state index contributed by atoms with van der Waals surface area (Å²) in [5, 5.41) is 9.48. The third-order valence-corrected chi connectivity index (χ3v) is 3.88. The number of nitrogens with two attached hydrogens (primary N) is 2. The van der Waals surface area contributed by atoms with Crippen LogP contribution < -0.4 is 17.3 Å². The van der Waals surface area contributed by atoms with Gasteiger partial charge in [-0.2, -0.15) is 4.98 Å². The van der Waals surface area contributed by atoms with Gasteiger partial charge in [0.2, 0.25) is 0 Å². The number of hydrogen-bond donors (Lipinski definition) is 3. The number of nitrogens with zero attached hydrogens (tertiary/aromatic N) is 2. The van der Waals surface area contributed by atoms with Gasteiger partial charge in [-0.15, -0.1) is 0 Å². The zero-order valence-corrected chi connectivity index (χ0v) is 13.6. The molecule has 0 aliphatic rings. The zero-order chi connectivity index (χ0) is 18.0. The highest BCUT2D eigenvalue weighted by atomic mass is 16.6. The van der Waals surface area contributed by atoms with E-state index in [0.29, 0.717) is 11.3 Å². The van der Waals surface area contributed by atoms with Crippen molar-refractivity contribution in [3.05, 3.63) is 81.9 Å². The Hall–Kier alpha value is -3.16. The number of rotatable bonds is 4. The second-order valence-corrected chi connectivity index (χ2v) is 5.67. The Morgan fingerprint density at radius 1 is 1.16 bits per heavy atom. The highest BCUT2D eigenvalue weighted by Gasteiger charge is 2.20. The smallest absolute Gasteiger partial charge is 0.354 e. The molecule has 1 unspecified atom stereocenters. The fourth-order valence-electron chi connectivity index (χ4n) is 2.68. The van der Waals surface area contributed by atoms with Crippen molar-refractivity contribution < 1.29 is 9.94 Å². The van der Waals surface area contributed by atoms with E-state index >= 15 is 0 Å². The van der Waals surface area contributed by atoms with E-state index in [0.717, 1.165) is 11.1 Å². The van der Waals surface area contributed by atoms with Gasteiger partial charge in [0.25, 0.3) is 0 Å². The monoisotopic (exact) mass is 338 g/mol. The Balaban J connectivity index is 2.19. The maximum absolute atomic E-state index is 12.2. The number of aryl methyl sites for hydroxylation is 1. The average molecular weight is 338 g/mol. The van der Waals surface area contributed by atoms with E-state index in [4.69, 9.17) is 16.5 Å². The molecule has 0 aliphatic carbocycles. The molecule has 2 aromatic carbocycles. The van der Waals surface area contributed by atoms with Crippen molar-refractivity contribution in [1.29, 1.82) is 0 Å². The molecular formula is C18H18N4O3. The summed E-state index contributed by atoms with van der Waals surface area (Å²) in [5.74, 6) is 5.84. The number of aromatic hydroxyl groups is 1. The fourth-order valence-corrected chi connectivity index (χ4v) is 2.68. The molecule has 0 spiro atoms. The van der Waals surface area contributed by atoms with Crippen LogP contribution in [0.25, 0.3) is 5.69 Å². The summed E-state index contributed by atoms with van der Waals surface area (Å²) in [6, 6.07) is 13.6. The van der Waals surface area contributed by atoms with Crippen LogP contribution in [0, 0.1) is 6.92 Å². The van der Waals surface area contributed by atoms with Crippen molar-refractivity contribution in [2.45, 2.75) is 13.0 Å². The molecule has 7 heteroatoms. The SMILES string of the molecule is Cc1ccc(-n2ccc(N)nc2=O)c(C(ON)c2ccc(O)cc2)c1. The Kier molecular flexibility index (Phi) is 4.51. The summed E-state index contributed by atoms with van der Waals surface area (Å²) >= 11 is 0. The molecule has 3 aromatic rings. The minimum absolute atomic E-state index is 0.142. The second-order valence-electron chi connectivity index (χ2n) is 5.67. The topological polar surface area (TPSA) is 116 Å². The van der Waals surface area contributed by atoms with Gasteiger partial charge in [0.05, 0.1) is 5.69 Å². The van der Waals surface area contributed by atoms with E-state index in [2.05, 4.69) is 4.98 Å². The van der Waals surface area contributed by atoms with E-state index < -0.39 is 11.8 Å². The summed E-state index contributed by atoms with van der Waals surface area (Å²) in [5.41, 5.74) is 8.08. The lowest BCUT2D eigenvalue weighted by Crippen LogP contribution is -2.24. The molecule has 0 fully saturated rings. The summed E-state index contributed by atoms with van der Waals surface area (Å²) in [6.07, 6.45) is 0.934. The molecule has 0 radical (unpaired) electrons. The molecule has 0 aliphatic heterocycles. The van der Waals surface area contributed by atoms with Gasteiger partial charge < -0.3 is 10.8 Å². The predicted molar refractivity (Wildman–Crippen MR) is 94.2 cm³/mol. The fraction of sp³-hybridized carbons (Fsp3) is 0.111. The standard InChI is InChI=1S/C18H18N4O3/c1-11-2-7-15(22-9-8-16(19)21-18(22)24)14(10-11)17(25-20)12-3-5-13(23)6-4-12/h2-10,17,23H,20H2,1H3,(H2,19,21,24). The molecule has 0 saturated carbocycles. The molecule has 1 aromatic heterocycles. The third kappa shape index (κ3) is 3.37. The predicted octanol–water partition coefficient (Wildman–Crippen LogP) is 1.81. The first kappa shape index (κ1) is 16.7. The van der Waals surface area contributed by atoms with E-state index in [9.17, 15) is 9.90 Å². The first-order valence-electron chi connectivity index (χ1n) is 7.60. The Labute approximate surface area is 144 Å². The van der Waals surface area contributed by atoms with Crippen molar-refractivity contribution in [1.82, 2.24) is 9.55 Å². The molecule has 7 nitrogen and oxygen atoms in total. The molecule has 128 valence electrons. The first-order valence-corrected chi connectivity index (χ1v) is 7.60. The van der Waals surface area contributed by atoms with Gasteiger partial charge >= 0.3 is 5.69 Å². The summed E-state index contributed by atoms with van der Waals surface area (Å²) in [7, 11) is 0. The molecule has 3 rings (SSSR count). The number of aromatic nitrogens is 2. The van der Waals surface area contributed by atoms with Crippen LogP contribution in [-0.2, 0) is 4.84 Å². The number of phenols is 1. The maximum atomic E-state index is 12.2. The Bertz CT molecular complexity index is 951. The largest absolute Gasteiger partial charge is 0.508 e. The molecule has 25 heavy (non-hydrogen) atoms. The quantitative estimate of drug-likeness (QED) is 0.625. The molecule has 5 N–H and O–H groups in total. The van der Waals surface area contributed by atoms with Gasteiger partial charge in [-0.25, -0.2) is 10.7 Å². The summed E-state index contributed by atoms with van der Waals surface area (Å²) < 4.78 is 1.39.